The molecule has 0 radical (unpaired) electrons. The van der Waals surface area contributed by atoms with Crippen molar-refractivity contribution in [2.75, 3.05) is 0 Å². The SMILES string of the molecule is CCC[C@@H]1CCC2C3(I)CCC4CC(O)CCC4(C)C3CCC21C. The number of fused-ring (bicyclic) bond motifs is 5. The number of aliphatic hydroxyl groups excluding tert-OH is 1. The molecule has 7 unspecified atom stereocenters. The molecule has 24 heavy (non-hydrogen) atoms. The van der Waals surface area contributed by atoms with Gasteiger partial charge in [0.25, 0.3) is 0 Å². The Kier molecular flexibility index (Phi) is 4.60. The summed E-state index contributed by atoms with van der Waals surface area (Å²) in [5.41, 5.74) is 1.12. The summed E-state index contributed by atoms with van der Waals surface area (Å²) < 4.78 is 0.542. The predicted octanol–water partition coefficient (Wildman–Crippen LogP) is 6.36. The number of aliphatic hydroxyl groups is 1. The van der Waals surface area contributed by atoms with Crippen LogP contribution in [0.2, 0.25) is 0 Å². The van der Waals surface area contributed by atoms with Crippen LogP contribution >= 0.6 is 22.6 Å². The first-order chi connectivity index (χ1) is 11.3. The molecule has 0 aromatic rings. The van der Waals surface area contributed by atoms with Gasteiger partial charge in [-0.3, -0.25) is 0 Å². The summed E-state index contributed by atoms with van der Waals surface area (Å²) in [7, 11) is 0. The quantitative estimate of drug-likeness (QED) is 0.388. The van der Waals surface area contributed by atoms with Crippen LogP contribution in [0.15, 0.2) is 0 Å². The van der Waals surface area contributed by atoms with Gasteiger partial charge in [-0.25, -0.2) is 0 Å². The van der Waals surface area contributed by atoms with Crippen molar-refractivity contribution in [1.82, 2.24) is 0 Å². The lowest BCUT2D eigenvalue weighted by atomic mass is 9.44. The summed E-state index contributed by atoms with van der Waals surface area (Å²) in [6.45, 7) is 7.66. The molecule has 8 atom stereocenters. The van der Waals surface area contributed by atoms with Gasteiger partial charge in [0.2, 0.25) is 0 Å². The van der Waals surface area contributed by atoms with Crippen LogP contribution in [0.5, 0.6) is 0 Å². The first-order valence-electron chi connectivity index (χ1n) is 10.7. The molecular weight excluding hydrogens is 407 g/mol. The molecule has 2 heteroatoms. The molecule has 0 saturated heterocycles. The van der Waals surface area contributed by atoms with E-state index in [9.17, 15) is 5.11 Å². The topological polar surface area (TPSA) is 20.2 Å². The lowest BCUT2D eigenvalue weighted by molar-refractivity contribution is -0.106. The van der Waals surface area contributed by atoms with Crippen LogP contribution in [-0.2, 0) is 0 Å². The maximum absolute atomic E-state index is 10.2. The van der Waals surface area contributed by atoms with Gasteiger partial charge in [-0.15, -0.1) is 0 Å². The molecule has 0 aromatic carbocycles. The van der Waals surface area contributed by atoms with E-state index in [1.54, 1.807) is 0 Å². The number of hydrogen-bond acceptors (Lipinski definition) is 1. The third-order valence-electron chi connectivity index (χ3n) is 9.48. The van der Waals surface area contributed by atoms with Crippen LogP contribution in [0.3, 0.4) is 0 Å². The van der Waals surface area contributed by atoms with Crippen LogP contribution in [0.4, 0.5) is 0 Å². The van der Waals surface area contributed by atoms with E-state index in [0.29, 0.717) is 14.3 Å². The number of hydrogen-bond donors (Lipinski definition) is 1. The highest BCUT2D eigenvalue weighted by molar-refractivity contribution is 14.1. The van der Waals surface area contributed by atoms with Gasteiger partial charge in [0.05, 0.1) is 6.10 Å². The monoisotopic (exact) mass is 444 g/mol. The van der Waals surface area contributed by atoms with E-state index in [0.717, 1.165) is 36.5 Å². The van der Waals surface area contributed by atoms with Gasteiger partial charge in [-0.2, -0.15) is 0 Å². The van der Waals surface area contributed by atoms with Crippen LogP contribution in [0.1, 0.15) is 91.4 Å². The predicted molar refractivity (Wildman–Crippen MR) is 109 cm³/mol. The smallest absolute Gasteiger partial charge is 0.0543 e. The van der Waals surface area contributed by atoms with E-state index in [2.05, 4.69) is 43.4 Å². The van der Waals surface area contributed by atoms with Crippen LogP contribution in [-0.4, -0.2) is 14.6 Å². The minimum atomic E-state index is -0.0148. The highest BCUT2D eigenvalue weighted by Gasteiger charge is 2.65. The molecule has 4 saturated carbocycles. The Hall–Kier alpha value is 0.690. The minimum Gasteiger partial charge on any atom is -0.393 e. The van der Waals surface area contributed by atoms with E-state index in [-0.39, 0.29) is 6.10 Å². The van der Waals surface area contributed by atoms with Gasteiger partial charge >= 0.3 is 0 Å². The zero-order valence-corrected chi connectivity index (χ0v) is 18.1. The zero-order valence-electron chi connectivity index (χ0n) is 16.0. The molecule has 4 aliphatic rings. The average molecular weight is 444 g/mol. The van der Waals surface area contributed by atoms with Gasteiger partial charge in [0, 0.05) is 3.42 Å². The van der Waals surface area contributed by atoms with Crippen molar-refractivity contribution in [3.05, 3.63) is 0 Å². The van der Waals surface area contributed by atoms with Gasteiger partial charge in [-0.05, 0) is 92.3 Å². The van der Waals surface area contributed by atoms with E-state index < -0.39 is 0 Å². The molecule has 0 heterocycles. The van der Waals surface area contributed by atoms with Crippen LogP contribution in [0.25, 0.3) is 0 Å². The average Bonchev–Trinajstić information content (AvgIpc) is 2.87. The second-order valence-electron chi connectivity index (χ2n) is 10.3. The number of halogens is 1. The van der Waals surface area contributed by atoms with E-state index in [1.165, 1.54) is 57.8 Å². The summed E-state index contributed by atoms with van der Waals surface area (Å²) in [6, 6.07) is 0. The third kappa shape index (κ3) is 2.40. The maximum atomic E-state index is 10.2. The van der Waals surface area contributed by atoms with Crippen molar-refractivity contribution in [3.8, 4) is 0 Å². The van der Waals surface area contributed by atoms with Gasteiger partial charge in [0.15, 0.2) is 0 Å². The molecule has 0 aromatic heterocycles. The molecule has 1 N–H and O–H groups in total. The largest absolute Gasteiger partial charge is 0.393 e. The Balaban J connectivity index is 1.65. The Morgan fingerprint density at radius 1 is 0.917 bits per heavy atom. The van der Waals surface area contributed by atoms with Crippen LogP contribution in [0, 0.1) is 34.5 Å². The van der Waals surface area contributed by atoms with Gasteiger partial charge in [0.1, 0.15) is 0 Å². The Labute approximate surface area is 162 Å². The van der Waals surface area contributed by atoms with Crippen molar-refractivity contribution in [3.63, 3.8) is 0 Å². The summed E-state index contributed by atoms with van der Waals surface area (Å²) in [6.07, 6.45) is 14.9. The van der Waals surface area contributed by atoms with E-state index in [4.69, 9.17) is 0 Å². The number of alkyl halides is 1. The Bertz CT molecular complexity index is 492. The van der Waals surface area contributed by atoms with Crippen molar-refractivity contribution in [1.29, 1.82) is 0 Å². The lowest BCUT2D eigenvalue weighted by Gasteiger charge is -2.65. The van der Waals surface area contributed by atoms with Crippen molar-refractivity contribution in [2.24, 2.45) is 34.5 Å². The summed E-state index contributed by atoms with van der Waals surface area (Å²) in [4.78, 5) is 0. The molecule has 0 bridgehead atoms. The first kappa shape index (κ1) is 18.1. The fourth-order valence-corrected chi connectivity index (χ4v) is 10.5. The molecule has 4 rings (SSSR count). The minimum absolute atomic E-state index is 0.0148. The maximum Gasteiger partial charge on any atom is 0.0543 e. The molecule has 0 spiro atoms. The molecular formula is C22H37IO. The third-order valence-corrected chi connectivity index (χ3v) is 11.5. The van der Waals surface area contributed by atoms with Crippen LogP contribution < -0.4 is 0 Å². The summed E-state index contributed by atoms with van der Waals surface area (Å²) in [5, 5.41) is 10.2. The molecule has 0 aliphatic heterocycles. The van der Waals surface area contributed by atoms with Crippen molar-refractivity contribution >= 4 is 22.6 Å². The lowest BCUT2D eigenvalue weighted by Crippen LogP contribution is -2.61. The second kappa shape index (κ2) is 6.11. The highest BCUT2D eigenvalue weighted by atomic mass is 127. The zero-order chi connectivity index (χ0) is 17.2. The summed E-state index contributed by atoms with van der Waals surface area (Å²) >= 11 is 2.97. The van der Waals surface area contributed by atoms with Crippen molar-refractivity contribution < 1.29 is 5.11 Å². The molecule has 138 valence electrons. The first-order valence-corrected chi connectivity index (χ1v) is 11.8. The normalized spacial score (nSPS) is 57.1. The Morgan fingerprint density at radius 3 is 2.38 bits per heavy atom. The second-order valence-corrected chi connectivity index (χ2v) is 12.3. The molecule has 0 amide bonds. The Morgan fingerprint density at radius 2 is 1.62 bits per heavy atom. The molecule has 4 fully saturated rings. The summed E-state index contributed by atoms with van der Waals surface area (Å²) in [5.74, 6) is 3.62. The number of rotatable bonds is 2. The van der Waals surface area contributed by atoms with Gasteiger partial charge in [-0.1, -0.05) is 56.2 Å². The van der Waals surface area contributed by atoms with E-state index in [1.807, 2.05) is 0 Å². The highest BCUT2D eigenvalue weighted by Crippen LogP contribution is 2.71. The molecule has 4 aliphatic carbocycles. The van der Waals surface area contributed by atoms with E-state index >= 15 is 0 Å². The van der Waals surface area contributed by atoms with Gasteiger partial charge < -0.3 is 5.11 Å². The molecule has 1 nitrogen and oxygen atoms in total. The standard InChI is InChI=1S/C22H37IO/c1-4-5-15-6-7-18-20(15,2)12-10-19-21(3)11-9-17(24)14-16(21)8-13-22(18,19)23/h15-19,24H,4-14H2,1-3H3/t15-,16?,17?,18?,19?,20?,21?,22?/m1/s1. The van der Waals surface area contributed by atoms with Crippen molar-refractivity contribution in [2.45, 2.75) is 101 Å². The fourth-order valence-electron chi connectivity index (χ4n) is 8.16. The fraction of sp³-hybridized carbons (Fsp3) is 1.00.